The average Bonchev–Trinajstić information content (AvgIpc) is 2.76. The van der Waals surface area contributed by atoms with Gasteiger partial charge in [0.25, 0.3) is 0 Å². The highest BCUT2D eigenvalue weighted by Crippen LogP contribution is 2.27. The monoisotopic (exact) mass is 446 g/mol. The Morgan fingerprint density at radius 2 is 1.84 bits per heavy atom. The highest BCUT2D eigenvalue weighted by molar-refractivity contribution is 7.90. The number of nitrogens with one attached hydrogen (secondary N) is 1. The molecule has 1 aromatic carbocycles. The van der Waals surface area contributed by atoms with Crippen molar-refractivity contribution in [1.29, 1.82) is 0 Å². The van der Waals surface area contributed by atoms with Crippen molar-refractivity contribution in [3.8, 4) is 11.5 Å². The molecule has 0 aliphatic heterocycles. The average molecular weight is 447 g/mol. The summed E-state index contributed by atoms with van der Waals surface area (Å²) >= 11 is 0. The van der Waals surface area contributed by atoms with Crippen LogP contribution in [-0.4, -0.2) is 38.8 Å². The van der Waals surface area contributed by atoms with Crippen LogP contribution >= 0.6 is 0 Å². The molecule has 0 saturated heterocycles. The van der Waals surface area contributed by atoms with Gasteiger partial charge in [0.2, 0.25) is 5.91 Å². The van der Waals surface area contributed by atoms with Crippen LogP contribution in [0.3, 0.4) is 0 Å². The number of carbonyl (C=O) groups excluding carboxylic acids is 1. The predicted octanol–water partition coefficient (Wildman–Crippen LogP) is 4.24. The van der Waals surface area contributed by atoms with Crippen LogP contribution in [0.25, 0.3) is 0 Å². The summed E-state index contributed by atoms with van der Waals surface area (Å²) in [4.78, 5) is 16.8. The first kappa shape index (κ1) is 23.1. The van der Waals surface area contributed by atoms with Crippen molar-refractivity contribution in [3.63, 3.8) is 0 Å². The van der Waals surface area contributed by atoms with Crippen LogP contribution in [0, 0.1) is 5.92 Å². The molecule has 0 radical (unpaired) electrons. The molecule has 1 aromatic heterocycles. The Bertz CT molecular complexity index is 954. The molecule has 1 saturated carbocycles. The third kappa shape index (κ3) is 7.54. The molecule has 31 heavy (non-hydrogen) atoms. The molecule has 0 bridgehead atoms. The summed E-state index contributed by atoms with van der Waals surface area (Å²) in [5.74, 6) is 2.03. The molecule has 0 atom stereocenters. The highest BCUT2D eigenvalue weighted by atomic mass is 32.2. The Morgan fingerprint density at radius 3 is 2.55 bits per heavy atom. The lowest BCUT2D eigenvalue weighted by Gasteiger charge is -2.22. The molecule has 0 spiro atoms. The normalized spacial score (nSPS) is 14.7. The van der Waals surface area contributed by atoms with Crippen LogP contribution in [0.4, 0.5) is 5.82 Å². The SMILES string of the molecule is CS(=O)(=O)c1ccc(OCCCC(=O)Nc2ncccc2OCC2CCCCC2)cc1. The van der Waals surface area contributed by atoms with Crippen LogP contribution in [-0.2, 0) is 14.6 Å². The van der Waals surface area contributed by atoms with Gasteiger partial charge < -0.3 is 14.8 Å². The van der Waals surface area contributed by atoms with Crippen LogP contribution in [0.2, 0.25) is 0 Å². The third-order valence-corrected chi connectivity index (χ3v) is 6.43. The van der Waals surface area contributed by atoms with Gasteiger partial charge >= 0.3 is 0 Å². The number of pyridine rings is 1. The lowest BCUT2D eigenvalue weighted by Crippen LogP contribution is -2.18. The Morgan fingerprint density at radius 1 is 1.10 bits per heavy atom. The minimum absolute atomic E-state index is 0.155. The number of hydrogen-bond acceptors (Lipinski definition) is 6. The molecule has 2 aromatic rings. The Hall–Kier alpha value is -2.61. The van der Waals surface area contributed by atoms with Gasteiger partial charge in [0, 0.05) is 18.9 Å². The standard InChI is InChI=1S/C23H30N2O5S/c1-31(27,28)20-13-11-19(12-14-20)29-16-6-10-22(26)25-23-21(9-5-15-24-23)30-17-18-7-3-2-4-8-18/h5,9,11-15,18H,2-4,6-8,10,16-17H2,1H3,(H,24,25,26). The second-order valence-corrected chi connectivity index (χ2v) is 9.92. The molecule has 0 unspecified atom stereocenters. The van der Waals surface area contributed by atoms with Gasteiger partial charge in [-0.15, -0.1) is 0 Å². The van der Waals surface area contributed by atoms with Gasteiger partial charge in [-0.3, -0.25) is 4.79 Å². The van der Waals surface area contributed by atoms with E-state index in [-0.39, 0.29) is 17.2 Å². The molecule has 1 fully saturated rings. The van der Waals surface area contributed by atoms with E-state index in [1.165, 1.54) is 44.2 Å². The number of amides is 1. The Balaban J connectivity index is 1.41. The van der Waals surface area contributed by atoms with E-state index in [9.17, 15) is 13.2 Å². The van der Waals surface area contributed by atoms with Crippen molar-refractivity contribution >= 4 is 21.6 Å². The number of rotatable bonds is 10. The number of anilines is 1. The maximum Gasteiger partial charge on any atom is 0.225 e. The van der Waals surface area contributed by atoms with Crippen molar-refractivity contribution in [3.05, 3.63) is 42.6 Å². The Labute approximate surface area is 184 Å². The third-order valence-electron chi connectivity index (χ3n) is 5.30. The van der Waals surface area contributed by atoms with Crippen molar-refractivity contribution in [1.82, 2.24) is 4.98 Å². The zero-order chi connectivity index (χ0) is 22.1. The quantitative estimate of drug-likeness (QED) is 0.549. The second-order valence-electron chi connectivity index (χ2n) is 7.91. The van der Waals surface area contributed by atoms with E-state index in [0.717, 1.165) is 6.26 Å². The molecule has 1 amide bonds. The summed E-state index contributed by atoms with van der Waals surface area (Å²) in [6.45, 7) is 0.999. The van der Waals surface area contributed by atoms with E-state index in [1.54, 1.807) is 24.4 Å². The fraction of sp³-hybridized carbons (Fsp3) is 0.478. The van der Waals surface area contributed by atoms with Gasteiger partial charge in [0.15, 0.2) is 21.4 Å². The summed E-state index contributed by atoms with van der Waals surface area (Å²) in [7, 11) is -3.22. The summed E-state index contributed by atoms with van der Waals surface area (Å²) < 4.78 is 34.5. The second kappa shape index (κ2) is 11.1. The fourth-order valence-electron chi connectivity index (χ4n) is 3.56. The summed E-state index contributed by atoms with van der Waals surface area (Å²) in [5, 5.41) is 2.82. The van der Waals surface area contributed by atoms with Crippen molar-refractivity contribution in [2.24, 2.45) is 5.92 Å². The van der Waals surface area contributed by atoms with E-state index in [1.807, 2.05) is 6.07 Å². The molecule has 1 N–H and O–H groups in total. The van der Waals surface area contributed by atoms with E-state index in [2.05, 4.69) is 10.3 Å². The minimum atomic E-state index is -3.22. The van der Waals surface area contributed by atoms with E-state index >= 15 is 0 Å². The smallest absolute Gasteiger partial charge is 0.225 e. The number of benzene rings is 1. The van der Waals surface area contributed by atoms with Crippen LogP contribution < -0.4 is 14.8 Å². The van der Waals surface area contributed by atoms with Gasteiger partial charge in [-0.1, -0.05) is 19.3 Å². The zero-order valence-electron chi connectivity index (χ0n) is 17.9. The zero-order valence-corrected chi connectivity index (χ0v) is 18.7. The van der Waals surface area contributed by atoms with Crippen molar-refractivity contribution < 1.29 is 22.7 Å². The van der Waals surface area contributed by atoms with Gasteiger partial charge in [0.1, 0.15) is 5.75 Å². The molecule has 1 aliphatic carbocycles. The highest BCUT2D eigenvalue weighted by Gasteiger charge is 2.16. The van der Waals surface area contributed by atoms with E-state index in [0.29, 0.717) is 42.9 Å². The van der Waals surface area contributed by atoms with Gasteiger partial charge in [-0.2, -0.15) is 0 Å². The number of hydrogen-bond donors (Lipinski definition) is 1. The van der Waals surface area contributed by atoms with Gasteiger partial charge in [-0.25, -0.2) is 13.4 Å². The summed E-state index contributed by atoms with van der Waals surface area (Å²) in [5.41, 5.74) is 0. The summed E-state index contributed by atoms with van der Waals surface area (Å²) in [6, 6.07) is 9.87. The minimum Gasteiger partial charge on any atom is -0.494 e. The first-order valence-electron chi connectivity index (χ1n) is 10.7. The number of ether oxygens (including phenoxy) is 2. The number of carbonyl (C=O) groups is 1. The molecule has 168 valence electrons. The number of sulfone groups is 1. The molecule has 8 heteroatoms. The van der Waals surface area contributed by atoms with Crippen LogP contribution in [0.1, 0.15) is 44.9 Å². The topological polar surface area (TPSA) is 94.6 Å². The molecular weight excluding hydrogens is 416 g/mol. The molecular formula is C23H30N2O5S. The van der Waals surface area contributed by atoms with E-state index < -0.39 is 9.84 Å². The van der Waals surface area contributed by atoms with E-state index in [4.69, 9.17) is 9.47 Å². The first-order chi connectivity index (χ1) is 14.9. The molecule has 1 heterocycles. The van der Waals surface area contributed by atoms with Crippen molar-refractivity contribution in [2.75, 3.05) is 24.8 Å². The molecule has 3 rings (SSSR count). The largest absolute Gasteiger partial charge is 0.494 e. The lowest BCUT2D eigenvalue weighted by molar-refractivity contribution is -0.116. The predicted molar refractivity (Wildman–Crippen MR) is 119 cm³/mol. The fourth-order valence-corrected chi connectivity index (χ4v) is 4.19. The Kier molecular flexibility index (Phi) is 8.28. The first-order valence-corrected chi connectivity index (χ1v) is 12.6. The lowest BCUT2D eigenvalue weighted by atomic mass is 9.90. The number of aromatic nitrogens is 1. The maximum atomic E-state index is 12.3. The number of nitrogens with zero attached hydrogens (tertiary/aromatic N) is 1. The van der Waals surface area contributed by atoms with Crippen LogP contribution in [0.15, 0.2) is 47.5 Å². The van der Waals surface area contributed by atoms with Crippen molar-refractivity contribution in [2.45, 2.75) is 49.8 Å². The molecule has 7 nitrogen and oxygen atoms in total. The van der Waals surface area contributed by atoms with Gasteiger partial charge in [0.05, 0.1) is 18.1 Å². The van der Waals surface area contributed by atoms with Gasteiger partial charge in [-0.05, 0) is 61.6 Å². The molecule has 1 aliphatic rings. The van der Waals surface area contributed by atoms with Crippen LogP contribution in [0.5, 0.6) is 11.5 Å². The summed E-state index contributed by atoms with van der Waals surface area (Å²) in [6.07, 6.45) is 9.80. The maximum absolute atomic E-state index is 12.3.